The van der Waals surface area contributed by atoms with Gasteiger partial charge in [-0.1, -0.05) is 0 Å². The van der Waals surface area contributed by atoms with Crippen LogP contribution >= 0.6 is 12.4 Å². The number of rotatable bonds is 4. The quantitative estimate of drug-likeness (QED) is 0.825. The van der Waals surface area contributed by atoms with Crippen LogP contribution in [0.4, 0.5) is 0 Å². The van der Waals surface area contributed by atoms with Gasteiger partial charge in [-0.2, -0.15) is 0 Å². The zero-order valence-corrected chi connectivity index (χ0v) is 12.9. The maximum absolute atomic E-state index is 12.0. The van der Waals surface area contributed by atoms with Gasteiger partial charge in [0, 0.05) is 25.6 Å². The van der Waals surface area contributed by atoms with Crippen LogP contribution in [0.25, 0.3) is 0 Å². The molecule has 7 heteroatoms. The summed E-state index contributed by atoms with van der Waals surface area (Å²) >= 11 is 0. The van der Waals surface area contributed by atoms with E-state index in [2.05, 4.69) is 5.32 Å². The minimum atomic E-state index is -2.91. The highest BCUT2D eigenvalue weighted by atomic mass is 35.5. The summed E-state index contributed by atoms with van der Waals surface area (Å²) < 4.78 is 22.8. The number of hydrogen-bond donors (Lipinski definition) is 1. The van der Waals surface area contributed by atoms with Gasteiger partial charge in [-0.05, 0) is 32.2 Å². The van der Waals surface area contributed by atoms with Crippen molar-refractivity contribution in [3.8, 4) is 0 Å². The molecule has 0 aromatic carbocycles. The molecule has 2 heterocycles. The van der Waals surface area contributed by atoms with Gasteiger partial charge in [-0.15, -0.1) is 12.4 Å². The van der Waals surface area contributed by atoms with E-state index in [0.717, 1.165) is 19.4 Å². The van der Waals surface area contributed by atoms with Crippen molar-refractivity contribution in [3.05, 3.63) is 0 Å². The summed E-state index contributed by atoms with van der Waals surface area (Å²) in [4.78, 5) is 13.6. The first-order valence-electron chi connectivity index (χ1n) is 6.67. The second-order valence-electron chi connectivity index (χ2n) is 5.39. The van der Waals surface area contributed by atoms with Crippen LogP contribution in [-0.4, -0.2) is 56.4 Å². The SMILES string of the molecule is CN(C(=O)CCC1CCCN1)C1CCS(=O)(=O)C1.Cl. The molecule has 1 amide bonds. The third-order valence-electron chi connectivity index (χ3n) is 4.02. The first kappa shape index (κ1) is 16.7. The summed E-state index contributed by atoms with van der Waals surface area (Å²) in [6.45, 7) is 1.05. The summed E-state index contributed by atoms with van der Waals surface area (Å²) in [7, 11) is -1.18. The molecule has 0 saturated carbocycles. The smallest absolute Gasteiger partial charge is 0.222 e. The van der Waals surface area contributed by atoms with Gasteiger partial charge in [0.2, 0.25) is 5.91 Å². The number of nitrogens with zero attached hydrogens (tertiary/aromatic N) is 1. The Balaban J connectivity index is 0.00000180. The van der Waals surface area contributed by atoms with Crippen LogP contribution in [0, 0.1) is 0 Å². The molecule has 5 nitrogen and oxygen atoms in total. The Kier molecular flexibility index (Phi) is 6.08. The predicted molar refractivity (Wildman–Crippen MR) is 77.3 cm³/mol. The van der Waals surface area contributed by atoms with Crippen molar-refractivity contribution in [1.82, 2.24) is 10.2 Å². The number of halogens is 1. The van der Waals surface area contributed by atoms with Crippen molar-refractivity contribution in [1.29, 1.82) is 0 Å². The Bertz CT molecular complexity index is 407. The van der Waals surface area contributed by atoms with Gasteiger partial charge < -0.3 is 10.2 Å². The molecule has 0 aliphatic carbocycles. The Hall–Kier alpha value is -0.330. The average molecular weight is 311 g/mol. The number of carbonyl (C=O) groups is 1. The van der Waals surface area contributed by atoms with Crippen molar-refractivity contribution >= 4 is 28.2 Å². The Morgan fingerprint density at radius 2 is 2.11 bits per heavy atom. The number of carbonyl (C=O) groups excluding carboxylic acids is 1. The fourth-order valence-electron chi connectivity index (χ4n) is 2.76. The van der Waals surface area contributed by atoms with Gasteiger partial charge in [0.15, 0.2) is 9.84 Å². The van der Waals surface area contributed by atoms with E-state index in [9.17, 15) is 13.2 Å². The molecular weight excluding hydrogens is 288 g/mol. The summed E-state index contributed by atoms with van der Waals surface area (Å²) in [6.07, 6.45) is 4.31. The molecule has 19 heavy (non-hydrogen) atoms. The lowest BCUT2D eigenvalue weighted by Crippen LogP contribution is -2.38. The van der Waals surface area contributed by atoms with E-state index in [4.69, 9.17) is 0 Å². The van der Waals surface area contributed by atoms with Crippen LogP contribution in [-0.2, 0) is 14.6 Å². The lowest BCUT2D eigenvalue weighted by atomic mass is 10.1. The van der Waals surface area contributed by atoms with Crippen molar-refractivity contribution in [2.75, 3.05) is 25.1 Å². The Morgan fingerprint density at radius 3 is 2.63 bits per heavy atom. The molecule has 0 aromatic rings. The highest BCUT2D eigenvalue weighted by Crippen LogP contribution is 2.18. The third kappa shape index (κ3) is 4.61. The van der Waals surface area contributed by atoms with Crippen LogP contribution in [0.1, 0.15) is 32.1 Å². The van der Waals surface area contributed by atoms with E-state index >= 15 is 0 Å². The highest BCUT2D eigenvalue weighted by molar-refractivity contribution is 7.91. The molecule has 2 unspecified atom stereocenters. The summed E-state index contributed by atoms with van der Waals surface area (Å²) in [5.41, 5.74) is 0. The molecule has 2 saturated heterocycles. The molecule has 2 fully saturated rings. The number of amides is 1. The largest absolute Gasteiger partial charge is 0.342 e. The van der Waals surface area contributed by atoms with Crippen molar-refractivity contribution in [3.63, 3.8) is 0 Å². The second kappa shape index (κ2) is 6.90. The second-order valence-corrected chi connectivity index (χ2v) is 7.62. The minimum absolute atomic E-state index is 0. The molecule has 2 aliphatic heterocycles. The fraction of sp³-hybridized carbons (Fsp3) is 0.917. The van der Waals surface area contributed by atoms with Crippen LogP contribution in [0.3, 0.4) is 0 Å². The van der Waals surface area contributed by atoms with Crippen molar-refractivity contribution in [2.24, 2.45) is 0 Å². The van der Waals surface area contributed by atoms with E-state index < -0.39 is 9.84 Å². The summed E-state index contributed by atoms with van der Waals surface area (Å²) in [6, 6.07) is 0.355. The molecular formula is C12H23ClN2O3S. The minimum Gasteiger partial charge on any atom is -0.342 e. The number of sulfone groups is 1. The zero-order valence-electron chi connectivity index (χ0n) is 11.3. The van der Waals surface area contributed by atoms with Crippen LogP contribution in [0.5, 0.6) is 0 Å². The van der Waals surface area contributed by atoms with E-state index in [1.807, 2.05) is 0 Å². The van der Waals surface area contributed by atoms with E-state index in [0.29, 0.717) is 18.9 Å². The average Bonchev–Trinajstić information content (AvgIpc) is 2.94. The number of hydrogen-bond acceptors (Lipinski definition) is 4. The summed E-state index contributed by atoms with van der Waals surface area (Å²) in [5, 5.41) is 3.37. The lowest BCUT2D eigenvalue weighted by Gasteiger charge is -2.24. The molecule has 2 rings (SSSR count). The zero-order chi connectivity index (χ0) is 13.2. The standard InChI is InChI=1S/C12H22N2O3S.ClH/c1-14(11-6-8-18(16,17)9-11)12(15)5-4-10-3-2-7-13-10;/h10-11,13H,2-9H2,1H3;1H. The van der Waals surface area contributed by atoms with Crippen molar-refractivity contribution in [2.45, 2.75) is 44.2 Å². The lowest BCUT2D eigenvalue weighted by molar-refractivity contribution is -0.131. The first-order valence-corrected chi connectivity index (χ1v) is 8.49. The molecule has 0 aromatic heterocycles. The molecule has 1 N–H and O–H groups in total. The van der Waals surface area contributed by atoms with Crippen LogP contribution < -0.4 is 5.32 Å². The van der Waals surface area contributed by atoms with Gasteiger partial charge in [-0.3, -0.25) is 4.79 Å². The molecule has 0 radical (unpaired) electrons. The topological polar surface area (TPSA) is 66.5 Å². The molecule has 0 bridgehead atoms. The van der Waals surface area contributed by atoms with Gasteiger partial charge in [0.05, 0.1) is 11.5 Å². The van der Waals surface area contributed by atoms with E-state index in [1.54, 1.807) is 11.9 Å². The van der Waals surface area contributed by atoms with Gasteiger partial charge >= 0.3 is 0 Å². The normalized spacial score (nSPS) is 28.9. The maximum atomic E-state index is 12.0. The van der Waals surface area contributed by atoms with Gasteiger partial charge in [0.1, 0.15) is 0 Å². The monoisotopic (exact) mass is 310 g/mol. The Labute approximate surface area is 121 Å². The van der Waals surface area contributed by atoms with Crippen LogP contribution in [0.15, 0.2) is 0 Å². The third-order valence-corrected chi connectivity index (χ3v) is 5.77. The molecule has 2 aliphatic rings. The molecule has 0 spiro atoms. The molecule has 112 valence electrons. The van der Waals surface area contributed by atoms with Gasteiger partial charge in [0.25, 0.3) is 0 Å². The predicted octanol–water partition coefficient (Wildman–Crippen LogP) is 0.586. The first-order chi connectivity index (χ1) is 8.48. The maximum Gasteiger partial charge on any atom is 0.222 e. The van der Waals surface area contributed by atoms with E-state index in [-0.39, 0.29) is 35.9 Å². The Morgan fingerprint density at radius 1 is 1.37 bits per heavy atom. The van der Waals surface area contributed by atoms with Crippen LogP contribution in [0.2, 0.25) is 0 Å². The summed E-state index contributed by atoms with van der Waals surface area (Å²) in [5.74, 6) is 0.432. The highest BCUT2D eigenvalue weighted by Gasteiger charge is 2.32. The number of nitrogens with one attached hydrogen (secondary N) is 1. The van der Waals surface area contributed by atoms with Crippen molar-refractivity contribution < 1.29 is 13.2 Å². The van der Waals surface area contributed by atoms with Gasteiger partial charge in [-0.25, -0.2) is 8.42 Å². The fourth-order valence-corrected chi connectivity index (χ4v) is 4.54. The van der Waals surface area contributed by atoms with E-state index in [1.165, 1.54) is 6.42 Å². The molecule has 2 atom stereocenters.